The normalized spacial score (nSPS) is 11.6. The lowest BCUT2D eigenvalue weighted by atomic mass is 10.1. The first-order valence-corrected chi connectivity index (χ1v) is 5.25. The van der Waals surface area contributed by atoms with E-state index in [1.54, 1.807) is 12.5 Å². The molecule has 4 nitrogen and oxygen atoms in total. The molecule has 2 heterocycles. The van der Waals surface area contributed by atoms with Crippen molar-refractivity contribution in [3.8, 4) is 0 Å². The number of aromatic nitrogens is 4. The van der Waals surface area contributed by atoms with Crippen LogP contribution in [0.4, 0.5) is 0 Å². The molecule has 0 fully saturated rings. The highest BCUT2D eigenvalue weighted by molar-refractivity contribution is 5.85. The van der Waals surface area contributed by atoms with Gasteiger partial charge in [-0.3, -0.25) is 0 Å². The molecule has 96 valence electrons. The van der Waals surface area contributed by atoms with Crippen LogP contribution < -0.4 is 0 Å². The molecule has 1 N–H and O–H groups in total. The van der Waals surface area contributed by atoms with Crippen molar-refractivity contribution in [3.05, 3.63) is 48.8 Å². The molecule has 3 rings (SSSR count). The van der Waals surface area contributed by atoms with Gasteiger partial charge in [0.25, 0.3) is 0 Å². The third-order valence-electron chi connectivity index (χ3n) is 2.90. The number of H-pyrrole nitrogens is 1. The Morgan fingerprint density at radius 2 is 2.11 bits per heavy atom. The van der Waals surface area contributed by atoms with Gasteiger partial charge in [0.1, 0.15) is 0 Å². The molecule has 0 saturated heterocycles. The van der Waals surface area contributed by atoms with E-state index in [-0.39, 0.29) is 30.9 Å². The fourth-order valence-corrected chi connectivity index (χ4v) is 1.88. The number of hydrogen-bond donors (Lipinski definition) is 1. The Bertz CT molecular complexity index is 603. The van der Waals surface area contributed by atoms with Crippen LogP contribution >= 0.6 is 24.8 Å². The molecule has 0 aliphatic heterocycles. The highest BCUT2D eigenvalue weighted by Gasteiger charge is 2.07. The molecular weight excluding hydrogens is 271 g/mol. The molecule has 18 heavy (non-hydrogen) atoms. The Labute approximate surface area is 117 Å². The maximum absolute atomic E-state index is 4.26. The number of nitrogens with zero attached hydrogens (tertiary/aromatic N) is 3. The highest BCUT2D eigenvalue weighted by atomic mass is 35.5. The van der Waals surface area contributed by atoms with Crippen molar-refractivity contribution in [2.75, 3.05) is 0 Å². The van der Waals surface area contributed by atoms with E-state index in [2.05, 4.69) is 44.6 Å². The van der Waals surface area contributed by atoms with Gasteiger partial charge in [0, 0.05) is 12.4 Å². The molecular formula is C12H14Cl2N4. The van der Waals surface area contributed by atoms with Gasteiger partial charge in [0.05, 0.1) is 29.7 Å². The molecule has 3 aromatic rings. The quantitative estimate of drug-likeness (QED) is 0.785. The summed E-state index contributed by atoms with van der Waals surface area (Å²) in [5.41, 5.74) is 3.31. The van der Waals surface area contributed by atoms with Crippen molar-refractivity contribution in [2.24, 2.45) is 0 Å². The first kappa shape index (κ1) is 14.5. The minimum Gasteiger partial charge on any atom is -0.345 e. The summed E-state index contributed by atoms with van der Waals surface area (Å²) in [5, 5.41) is 0. The SMILES string of the molecule is CC(c1ccc2[nH]cnc2c1)n1ccnc1.Cl.Cl. The maximum Gasteiger partial charge on any atom is 0.0951 e. The summed E-state index contributed by atoms with van der Waals surface area (Å²) in [5.74, 6) is 0. The second-order valence-electron chi connectivity index (χ2n) is 3.86. The molecule has 1 aromatic carbocycles. The van der Waals surface area contributed by atoms with E-state index >= 15 is 0 Å². The Morgan fingerprint density at radius 3 is 2.83 bits per heavy atom. The van der Waals surface area contributed by atoms with Gasteiger partial charge in [-0.25, -0.2) is 9.97 Å². The minimum atomic E-state index is 0. The van der Waals surface area contributed by atoms with Crippen LogP contribution in [0.3, 0.4) is 0 Å². The number of aromatic amines is 1. The number of rotatable bonds is 2. The van der Waals surface area contributed by atoms with Crippen LogP contribution in [0.25, 0.3) is 11.0 Å². The number of fused-ring (bicyclic) bond motifs is 1. The van der Waals surface area contributed by atoms with Crippen LogP contribution in [-0.4, -0.2) is 19.5 Å². The van der Waals surface area contributed by atoms with Crippen LogP contribution in [0.2, 0.25) is 0 Å². The van der Waals surface area contributed by atoms with Gasteiger partial charge in [-0.1, -0.05) is 6.07 Å². The Kier molecular flexibility index (Phi) is 4.76. The summed E-state index contributed by atoms with van der Waals surface area (Å²) in [7, 11) is 0. The monoisotopic (exact) mass is 284 g/mol. The van der Waals surface area contributed by atoms with Crippen molar-refractivity contribution in [1.29, 1.82) is 0 Å². The van der Waals surface area contributed by atoms with Crippen LogP contribution in [0.15, 0.2) is 43.2 Å². The summed E-state index contributed by atoms with van der Waals surface area (Å²) in [6, 6.07) is 6.57. The van der Waals surface area contributed by atoms with Crippen molar-refractivity contribution in [1.82, 2.24) is 19.5 Å². The van der Waals surface area contributed by atoms with Crippen LogP contribution in [0.5, 0.6) is 0 Å². The molecule has 1 atom stereocenters. The van der Waals surface area contributed by atoms with Crippen LogP contribution in [-0.2, 0) is 0 Å². The van der Waals surface area contributed by atoms with E-state index in [9.17, 15) is 0 Å². The fraction of sp³-hybridized carbons (Fsp3) is 0.167. The largest absolute Gasteiger partial charge is 0.345 e. The van der Waals surface area contributed by atoms with Crippen LogP contribution in [0, 0.1) is 0 Å². The first-order chi connectivity index (χ1) is 7.84. The summed E-state index contributed by atoms with van der Waals surface area (Å²) in [6.45, 7) is 2.15. The predicted molar refractivity (Wildman–Crippen MR) is 76.6 cm³/mol. The molecule has 0 aliphatic carbocycles. The molecule has 0 aliphatic rings. The third-order valence-corrected chi connectivity index (χ3v) is 2.90. The van der Waals surface area contributed by atoms with Crippen molar-refractivity contribution < 1.29 is 0 Å². The summed E-state index contributed by atoms with van der Waals surface area (Å²) < 4.78 is 2.08. The molecule has 1 unspecified atom stereocenters. The number of halogens is 2. The Balaban J connectivity index is 0.000000810. The number of nitrogens with one attached hydrogen (secondary N) is 1. The van der Waals surface area contributed by atoms with Gasteiger partial charge in [-0.2, -0.15) is 0 Å². The maximum atomic E-state index is 4.26. The van der Waals surface area contributed by atoms with Gasteiger partial charge in [0.15, 0.2) is 0 Å². The smallest absolute Gasteiger partial charge is 0.0951 e. The molecule has 0 saturated carbocycles. The average molecular weight is 285 g/mol. The third kappa shape index (κ3) is 2.49. The van der Waals surface area contributed by atoms with Crippen molar-refractivity contribution in [2.45, 2.75) is 13.0 Å². The van der Waals surface area contributed by atoms with E-state index in [4.69, 9.17) is 0 Å². The van der Waals surface area contributed by atoms with Crippen LogP contribution in [0.1, 0.15) is 18.5 Å². The highest BCUT2D eigenvalue weighted by Crippen LogP contribution is 2.20. The number of imidazole rings is 2. The average Bonchev–Trinajstić information content (AvgIpc) is 2.98. The summed E-state index contributed by atoms with van der Waals surface area (Å²) >= 11 is 0. The first-order valence-electron chi connectivity index (χ1n) is 5.25. The number of hydrogen-bond acceptors (Lipinski definition) is 2. The lowest BCUT2D eigenvalue weighted by molar-refractivity contribution is 0.639. The zero-order valence-electron chi connectivity index (χ0n) is 9.78. The fourth-order valence-electron chi connectivity index (χ4n) is 1.88. The van der Waals surface area contributed by atoms with E-state index in [0.717, 1.165) is 11.0 Å². The topological polar surface area (TPSA) is 46.5 Å². The van der Waals surface area contributed by atoms with E-state index < -0.39 is 0 Å². The Hall–Kier alpha value is -1.52. The molecule has 0 radical (unpaired) electrons. The zero-order chi connectivity index (χ0) is 11.0. The second kappa shape index (κ2) is 5.89. The molecule has 6 heteroatoms. The van der Waals surface area contributed by atoms with E-state index in [1.807, 2.05) is 12.5 Å². The molecule has 0 spiro atoms. The Morgan fingerprint density at radius 1 is 1.28 bits per heavy atom. The summed E-state index contributed by atoms with van der Waals surface area (Å²) in [4.78, 5) is 11.4. The van der Waals surface area contributed by atoms with Gasteiger partial charge in [-0.15, -0.1) is 24.8 Å². The predicted octanol–water partition coefficient (Wildman–Crippen LogP) is 3.21. The number of benzene rings is 1. The lowest BCUT2D eigenvalue weighted by Crippen LogP contribution is -2.03. The second-order valence-corrected chi connectivity index (χ2v) is 3.86. The molecule has 2 aromatic heterocycles. The van der Waals surface area contributed by atoms with Gasteiger partial charge in [-0.05, 0) is 24.6 Å². The van der Waals surface area contributed by atoms with Crippen molar-refractivity contribution >= 4 is 35.8 Å². The molecule has 0 bridgehead atoms. The van der Waals surface area contributed by atoms with E-state index in [1.165, 1.54) is 5.56 Å². The minimum absolute atomic E-state index is 0. The van der Waals surface area contributed by atoms with Gasteiger partial charge in [0.2, 0.25) is 0 Å². The summed E-state index contributed by atoms with van der Waals surface area (Å²) in [6.07, 6.45) is 7.32. The van der Waals surface area contributed by atoms with Gasteiger partial charge >= 0.3 is 0 Å². The standard InChI is InChI=1S/C12H12N4.2ClH/c1-9(16-5-4-13-8-16)10-2-3-11-12(6-10)15-7-14-11;;/h2-9H,1H3,(H,14,15);2*1H. The molecule has 0 amide bonds. The van der Waals surface area contributed by atoms with Crippen molar-refractivity contribution in [3.63, 3.8) is 0 Å². The van der Waals surface area contributed by atoms with E-state index in [0.29, 0.717) is 0 Å². The lowest BCUT2D eigenvalue weighted by Gasteiger charge is -2.13. The zero-order valence-corrected chi connectivity index (χ0v) is 11.4. The van der Waals surface area contributed by atoms with Gasteiger partial charge < -0.3 is 9.55 Å².